The van der Waals surface area contributed by atoms with Crippen LogP contribution in [0.3, 0.4) is 0 Å². The molecule has 2 unspecified atom stereocenters. The first-order chi connectivity index (χ1) is 17.7. The summed E-state index contributed by atoms with van der Waals surface area (Å²) in [4.78, 5) is 15.2. The van der Waals surface area contributed by atoms with Gasteiger partial charge in [0.1, 0.15) is 16.4 Å². The lowest BCUT2D eigenvalue weighted by molar-refractivity contribution is 0.00406. The van der Waals surface area contributed by atoms with Crippen molar-refractivity contribution >= 4 is 30.4 Å². The minimum atomic E-state index is -3.04. The molecule has 1 aromatic heterocycles. The maximum atomic E-state index is 13.5. The topological polar surface area (TPSA) is 96.3 Å². The Morgan fingerprint density at radius 3 is 2.34 bits per heavy atom. The fourth-order valence-corrected chi connectivity index (χ4v) is 8.85. The lowest BCUT2D eigenvalue weighted by Crippen LogP contribution is -2.51. The Kier molecular flexibility index (Phi) is 10.2. The van der Waals surface area contributed by atoms with E-state index in [9.17, 15) is 19.6 Å². The normalized spacial score (nSPS) is 28.6. The molecule has 2 aliphatic carbocycles. The number of thiophene rings is 1. The summed E-state index contributed by atoms with van der Waals surface area (Å²) < 4.78 is 25.0. The van der Waals surface area contributed by atoms with E-state index in [0.717, 1.165) is 25.7 Å². The van der Waals surface area contributed by atoms with Gasteiger partial charge in [-0.2, -0.15) is 0 Å². The third kappa shape index (κ3) is 7.04. The van der Waals surface area contributed by atoms with E-state index in [1.54, 1.807) is 13.8 Å². The molecule has 0 saturated heterocycles. The molecule has 2 fully saturated rings. The van der Waals surface area contributed by atoms with Crippen molar-refractivity contribution in [3.8, 4) is 11.8 Å². The average molecular weight is 568 g/mol. The van der Waals surface area contributed by atoms with Crippen LogP contribution in [-0.4, -0.2) is 54.2 Å². The number of aromatic carboxylic acids is 1. The fraction of sp³-hybridized carbons (Fsp3) is 0.759. The molecule has 2 saturated carbocycles. The molecule has 7 nitrogen and oxygen atoms in total. The van der Waals surface area contributed by atoms with Crippen LogP contribution in [0.1, 0.15) is 101 Å². The lowest BCUT2D eigenvalue weighted by atomic mass is 9.81. The van der Waals surface area contributed by atoms with Crippen LogP contribution in [0.2, 0.25) is 0 Å². The van der Waals surface area contributed by atoms with Crippen molar-refractivity contribution < 1.29 is 28.8 Å². The van der Waals surface area contributed by atoms with Crippen LogP contribution in [-0.2, 0) is 13.8 Å². The quantitative estimate of drug-likeness (QED) is 0.188. The minimum absolute atomic E-state index is 0.0617. The zero-order chi connectivity index (χ0) is 28.3. The highest BCUT2D eigenvalue weighted by molar-refractivity contribution is 7.59. The molecule has 9 heteroatoms. The molecule has 1 aromatic rings. The summed E-state index contributed by atoms with van der Waals surface area (Å²) in [5, 5.41) is 21.1. The summed E-state index contributed by atoms with van der Waals surface area (Å²) in [5.74, 6) is 6.05. The molecule has 1 heterocycles. The third-order valence-electron chi connectivity index (χ3n) is 8.14. The van der Waals surface area contributed by atoms with E-state index in [-0.39, 0.29) is 22.3 Å². The monoisotopic (exact) mass is 567 g/mol. The molecule has 2 atom stereocenters. The van der Waals surface area contributed by atoms with Crippen LogP contribution in [0.15, 0.2) is 6.07 Å². The van der Waals surface area contributed by atoms with Gasteiger partial charge in [-0.05, 0) is 78.2 Å². The SMILES string of the molecule is CCOP(C)(=O)C1(OC)CCC(N(c2cc(C#CC(C)(C)C)sc2C(=O)O)C(O)C2CCC(C)CC2)CC1. The number of aliphatic hydroxyl groups excluding tert-OH is 1. The summed E-state index contributed by atoms with van der Waals surface area (Å²) in [6, 6.07) is 1.72. The largest absolute Gasteiger partial charge is 0.477 e. The molecule has 0 bridgehead atoms. The Labute approximate surface area is 232 Å². The van der Waals surface area contributed by atoms with Crippen LogP contribution in [0, 0.1) is 29.1 Å². The number of carboxylic acids is 1. The number of hydrogen-bond acceptors (Lipinski definition) is 7. The third-order valence-corrected chi connectivity index (χ3v) is 12.0. The van der Waals surface area contributed by atoms with Gasteiger partial charge in [0.2, 0.25) is 7.37 Å². The fourth-order valence-electron chi connectivity index (χ4n) is 5.88. The predicted molar refractivity (Wildman–Crippen MR) is 154 cm³/mol. The van der Waals surface area contributed by atoms with Crippen molar-refractivity contribution in [3.63, 3.8) is 0 Å². The van der Waals surface area contributed by atoms with Crippen LogP contribution in [0.4, 0.5) is 5.69 Å². The first kappa shape index (κ1) is 31.2. The maximum Gasteiger partial charge on any atom is 0.348 e. The summed E-state index contributed by atoms with van der Waals surface area (Å²) in [6.07, 6.45) is 5.35. The highest BCUT2D eigenvalue weighted by Crippen LogP contribution is 2.62. The molecule has 0 spiro atoms. The van der Waals surface area contributed by atoms with Gasteiger partial charge in [0.05, 0.1) is 17.2 Å². The molecule has 0 aromatic carbocycles. The Hall–Kier alpha value is -1.36. The van der Waals surface area contributed by atoms with Crippen LogP contribution < -0.4 is 4.90 Å². The first-order valence-electron chi connectivity index (χ1n) is 13.9. The molecule has 2 N–H and O–H groups in total. The highest BCUT2D eigenvalue weighted by Gasteiger charge is 2.50. The second kappa shape index (κ2) is 12.4. The van der Waals surface area contributed by atoms with Crippen LogP contribution in [0.5, 0.6) is 0 Å². The number of methoxy groups -OCH3 is 1. The second-order valence-corrected chi connectivity index (χ2v) is 15.9. The van der Waals surface area contributed by atoms with Gasteiger partial charge in [0.15, 0.2) is 0 Å². The Balaban J connectivity index is 2.00. The zero-order valence-corrected chi connectivity index (χ0v) is 25.8. The maximum absolute atomic E-state index is 13.5. The van der Waals surface area contributed by atoms with E-state index in [4.69, 9.17) is 9.26 Å². The number of carbonyl (C=O) groups is 1. The average Bonchev–Trinajstić information content (AvgIpc) is 3.27. The number of nitrogens with zero attached hydrogens (tertiary/aromatic N) is 1. The molecule has 3 rings (SSSR count). The zero-order valence-electron chi connectivity index (χ0n) is 24.1. The Bertz CT molecular complexity index is 1070. The number of carboxylic acid groups (broad SMARTS) is 1. The molecule has 0 amide bonds. The standard InChI is InChI=1S/C29H46NO6PS/c1-8-36-37(7,34)29(35-6)17-13-22(14-18-29)30(26(31)21-11-9-20(2)10-12-21)24-19-23(15-16-28(3,4)5)38-25(24)27(32)33/h19-22,26,31H,8-14,17-18H2,1-7H3,(H,32,33). The number of rotatable bonds is 9. The summed E-state index contributed by atoms with van der Waals surface area (Å²) in [7, 11) is -1.45. The van der Waals surface area contributed by atoms with Gasteiger partial charge in [0.25, 0.3) is 0 Å². The molecular weight excluding hydrogens is 521 g/mol. The smallest absolute Gasteiger partial charge is 0.348 e. The van der Waals surface area contributed by atoms with Gasteiger partial charge >= 0.3 is 5.97 Å². The summed E-state index contributed by atoms with van der Waals surface area (Å²) in [5.41, 5.74) is 0.318. The van der Waals surface area contributed by atoms with E-state index in [1.807, 2.05) is 38.7 Å². The Morgan fingerprint density at radius 2 is 1.84 bits per heavy atom. The predicted octanol–water partition coefficient (Wildman–Crippen LogP) is 7.02. The van der Waals surface area contributed by atoms with Crippen LogP contribution >= 0.6 is 18.7 Å². The number of anilines is 1. The minimum Gasteiger partial charge on any atom is -0.477 e. The number of ether oxygens (including phenoxy) is 1. The lowest BCUT2D eigenvalue weighted by Gasteiger charge is -2.48. The van der Waals surface area contributed by atoms with Crippen molar-refractivity contribution in [2.24, 2.45) is 17.3 Å². The summed E-state index contributed by atoms with van der Waals surface area (Å²) in [6.45, 7) is 12.1. The number of aliphatic hydroxyl groups is 1. The van der Waals surface area contributed by atoms with Crippen LogP contribution in [0.25, 0.3) is 0 Å². The molecule has 0 radical (unpaired) electrons. The van der Waals surface area contributed by atoms with Gasteiger partial charge < -0.3 is 24.4 Å². The van der Waals surface area contributed by atoms with E-state index >= 15 is 0 Å². The molecular formula is C29H46NO6PS. The molecule has 38 heavy (non-hydrogen) atoms. The van der Waals surface area contributed by atoms with Gasteiger partial charge in [-0.15, -0.1) is 11.3 Å². The van der Waals surface area contributed by atoms with E-state index in [2.05, 4.69) is 18.8 Å². The van der Waals surface area contributed by atoms with Crippen molar-refractivity contribution in [2.45, 2.75) is 104 Å². The highest BCUT2D eigenvalue weighted by atomic mass is 32.1. The second-order valence-electron chi connectivity index (χ2n) is 12.1. The van der Waals surface area contributed by atoms with Crippen molar-refractivity contribution in [1.29, 1.82) is 0 Å². The van der Waals surface area contributed by atoms with Gasteiger partial charge in [-0.25, -0.2) is 4.79 Å². The summed E-state index contributed by atoms with van der Waals surface area (Å²) >= 11 is 1.17. The van der Waals surface area contributed by atoms with Gasteiger partial charge in [-0.1, -0.05) is 31.6 Å². The molecule has 214 valence electrons. The van der Waals surface area contributed by atoms with Crippen molar-refractivity contribution in [2.75, 3.05) is 25.3 Å². The van der Waals surface area contributed by atoms with E-state index in [0.29, 0.717) is 48.8 Å². The first-order valence-corrected chi connectivity index (χ1v) is 16.8. The number of hydrogen-bond donors (Lipinski definition) is 2. The van der Waals surface area contributed by atoms with Gasteiger partial charge in [-0.3, -0.25) is 4.57 Å². The van der Waals surface area contributed by atoms with Crippen molar-refractivity contribution in [1.82, 2.24) is 0 Å². The Morgan fingerprint density at radius 1 is 1.24 bits per heavy atom. The molecule has 2 aliphatic rings. The van der Waals surface area contributed by atoms with Gasteiger partial charge in [0, 0.05) is 31.1 Å². The van der Waals surface area contributed by atoms with Crippen molar-refractivity contribution in [3.05, 3.63) is 15.8 Å². The van der Waals surface area contributed by atoms with E-state index < -0.39 is 24.9 Å². The van der Waals surface area contributed by atoms with E-state index in [1.165, 1.54) is 11.3 Å². The molecule has 0 aliphatic heterocycles.